The molecule has 106 valence electrons. The van der Waals surface area contributed by atoms with Crippen LogP contribution in [-0.2, 0) is 0 Å². The third kappa shape index (κ3) is 2.92. The van der Waals surface area contributed by atoms with Gasteiger partial charge in [-0.25, -0.2) is 4.39 Å². The smallest absolute Gasteiger partial charge is 0.125 e. The van der Waals surface area contributed by atoms with Crippen molar-refractivity contribution < 1.29 is 4.39 Å². The number of nitrogens with one attached hydrogen (secondary N) is 1. The summed E-state index contributed by atoms with van der Waals surface area (Å²) in [6.07, 6.45) is 2.15. The van der Waals surface area contributed by atoms with Crippen LogP contribution in [0.3, 0.4) is 0 Å². The molecule has 0 aliphatic carbocycles. The largest absolute Gasteiger partial charge is 0.365 e. The zero-order valence-corrected chi connectivity index (χ0v) is 12.5. The van der Waals surface area contributed by atoms with Gasteiger partial charge >= 0.3 is 0 Å². The van der Waals surface area contributed by atoms with Gasteiger partial charge in [-0.05, 0) is 44.4 Å². The molecular weight excluding hydrogens is 239 g/mol. The van der Waals surface area contributed by atoms with Gasteiger partial charge < -0.3 is 10.2 Å². The van der Waals surface area contributed by atoms with E-state index in [1.54, 1.807) is 12.1 Å². The summed E-state index contributed by atoms with van der Waals surface area (Å²) < 4.78 is 13.6. The number of rotatable bonds is 3. The molecule has 1 N–H and O–H groups in total. The van der Waals surface area contributed by atoms with E-state index in [0.717, 1.165) is 37.2 Å². The molecule has 2 unspecified atom stereocenters. The predicted octanol–water partition coefficient (Wildman–Crippen LogP) is 3.49. The molecule has 1 aromatic carbocycles. The van der Waals surface area contributed by atoms with Crippen molar-refractivity contribution in [3.05, 3.63) is 29.6 Å². The van der Waals surface area contributed by atoms with E-state index < -0.39 is 0 Å². The number of piperazine rings is 1. The van der Waals surface area contributed by atoms with E-state index in [9.17, 15) is 4.39 Å². The molecule has 3 heteroatoms. The second-order valence-electron chi connectivity index (χ2n) is 5.92. The monoisotopic (exact) mass is 264 g/mol. The van der Waals surface area contributed by atoms with Crippen molar-refractivity contribution in [2.45, 2.75) is 52.1 Å². The van der Waals surface area contributed by atoms with Crippen LogP contribution in [0.4, 0.5) is 10.1 Å². The zero-order valence-electron chi connectivity index (χ0n) is 12.5. The Balaban J connectivity index is 2.35. The van der Waals surface area contributed by atoms with Gasteiger partial charge in [0.05, 0.1) is 0 Å². The fraction of sp³-hybridized carbons (Fsp3) is 0.625. The number of anilines is 1. The lowest BCUT2D eigenvalue weighted by atomic mass is 9.92. The van der Waals surface area contributed by atoms with E-state index in [2.05, 4.69) is 37.9 Å². The van der Waals surface area contributed by atoms with Crippen molar-refractivity contribution in [1.29, 1.82) is 0 Å². The minimum atomic E-state index is -0.146. The Morgan fingerprint density at radius 2 is 2.16 bits per heavy atom. The third-order valence-electron chi connectivity index (χ3n) is 4.46. The maximum atomic E-state index is 13.6. The fourth-order valence-electron chi connectivity index (χ4n) is 2.81. The van der Waals surface area contributed by atoms with Crippen molar-refractivity contribution >= 4 is 5.69 Å². The Bertz CT molecular complexity index is 446. The van der Waals surface area contributed by atoms with Gasteiger partial charge in [-0.15, -0.1) is 0 Å². The molecular formula is C16H25FN2. The summed E-state index contributed by atoms with van der Waals surface area (Å²) in [4.78, 5) is 2.39. The average Bonchev–Trinajstić information content (AvgIpc) is 2.41. The molecule has 0 aromatic heterocycles. The van der Waals surface area contributed by atoms with E-state index in [-0.39, 0.29) is 11.4 Å². The Morgan fingerprint density at radius 3 is 2.79 bits per heavy atom. The van der Waals surface area contributed by atoms with Crippen LogP contribution < -0.4 is 10.2 Å². The summed E-state index contributed by atoms with van der Waals surface area (Å²) in [6, 6.07) is 5.54. The summed E-state index contributed by atoms with van der Waals surface area (Å²) >= 11 is 0. The van der Waals surface area contributed by atoms with Crippen molar-refractivity contribution in [3.63, 3.8) is 0 Å². The van der Waals surface area contributed by atoms with E-state index in [0.29, 0.717) is 6.04 Å². The predicted molar refractivity (Wildman–Crippen MR) is 79.3 cm³/mol. The normalized spacial score (nSPS) is 27.6. The van der Waals surface area contributed by atoms with Gasteiger partial charge in [-0.1, -0.05) is 19.9 Å². The molecule has 0 spiro atoms. The minimum Gasteiger partial charge on any atom is -0.365 e. The minimum absolute atomic E-state index is 0.116. The first-order chi connectivity index (χ1) is 8.99. The number of aryl methyl sites for hydroxylation is 1. The molecule has 0 amide bonds. The molecule has 1 heterocycles. The summed E-state index contributed by atoms with van der Waals surface area (Å²) in [6.45, 7) is 10.6. The summed E-state index contributed by atoms with van der Waals surface area (Å²) in [7, 11) is 0. The average molecular weight is 264 g/mol. The van der Waals surface area contributed by atoms with Gasteiger partial charge in [0, 0.05) is 30.4 Å². The van der Waals surface area contributed by atoms with E-state index in [1.807, 2.05) is 6.07 Å². The fourth-order valence-corrected chi connectivity index (χ4v) is 2.81. The van der Waals surface area contributed by atoms with E-state index >= 15 is 0 Å². The topological polar surface area (TPSA) is 15.3 Å². The van der Waals surface area contributed by atoms with Crippen molar-refractivity contribution in [3.8, 4) is 0 Å². The first-order valence-electron chi connectivity index (χ1n) is 7.27. The molecule has 1 aromatic rings. The van der Waals surface area contributed by atoms with Crippen LogP contribution in [0.25, 0.3) is 0 Å². The van der Waals surface area contributed by atoms with Gasteiger partial charge in [-0.2, -0.15) is 0 Å². The zero-order chi connectivity index (χ0) is 14.0. The maximum absolute atomic E-state index is 13.6. The molecule has 2 rings (SSSR count). The Hall–Kier alpha value is -1.09. The number of hydrogen-bond donors (Lipinski definition) is 1. The Labute approximate surface area is 116 Å². The molecule has 2 atom stereocenters. The van der Waals surface area contributed by atoms with Crippen molar-refractivity contribution in [1.82, 2.24) is 5.32 Å². The van der Waals surface area contributed by atoms with Crippen LogP contribution in [0, 0.1) is 12.7 Å². The highest BCUT2D eigenvalue weighted by Crippen LogP contribution is 2.29. The van der Waals surface area contributed by atoms with Gasteiger partial charge in [0.15, 0.2) is 0 Å². The second-order valence-corrected chi connectivity index (χ2v) is 5.92. The lowest BCUT2D eigenvalue weighted by molar-refractivity contribution is 0.276. The lowest BCUT2D eigenvalue weighted by Crippen LogP contribution is -2.63. The third-order valence-corrected chi connectivity index (χ3v) is 4.46. The molecule has 1 saturated heterocycles. The van der Waals surface area contributed by atoms with Gasteiger partial charge in [-0.3, -0.25) is 0 Å². The number of halogens is 1. The second kappa shape index (κ2) is 5.49. The van der Waals surface area contributed by atoms with Crippen LogP contribution in [0.5, 0.6) is 0 Å². The molecule has 1 aliphatic rings. The van der Waals surface area contributed by atoms with E-state index in [4.69, 9.17) is 0 Å². The highest BCUT2D eigenvalue weighted by molar-refractivity contribution is 5.55. The maximum Gasteiger partial charge on any atom is 0.125 e. The summed E-state index contributed by atoms with van der Waals surface area (Å²) in [5.74, 6) is -0.146. The van der Waals surface area contributed by atoms with Crippen LogP contribution in [0.15, 0.2) is 18.2 Å². The first-order valence-corrected chi connectivity index (χ1v) is 7.27. The van der Waals surface area contributed by atoms with Gasteiger partial charge in [0.2, 0.25) is 0 Å². The van der Waals surface area contributed by atoms with Crippen molar-refractivity contribution in [2.24, 2.45) is 0 Å². The van der Waals surface area contributed by atoms with Crippen molar-refractivity contribution in [2.75, 3.05) is 18.0 Å². The summed E-state index contributed by atoms with van der Waals surface area (Å²) in [5, 5.41) is 3.64. The molecule has 2 nitrogen and oxygen atoms in total. The first kappa shape index (κ1) is 14.3. The lowest BCUT2D eigenvalue weighted by Gasteiger charge is -2.47. The highest BCUT2D eigenvalue weighted by Gasteiger charge is 2.34. The Morgan fingerprint density at radius 1 is 1.42 bits per heavy atom. The van der Waals surface area contributed by atoms with Crippen LogP contribution in [0.1, 0.15) is 39.2 Å². The summed E-state index contributed by atoms with van der Waals surface area (Å²) in [5.41, 5.74) is 2.32. The Kier molecular flexibility index (Phi) is 4.14. The van der Waals surface area contributed by atoms with E-state index in [1.165, 1.54) is 0 Å². The quantitative estimate of drug-likeness (QED) is 0.899. The molecule has 0 saturated carbocycles. The molecule has 0 bridgehead atoms. The van der Waals surface area contributed by atoms with Gasteiger partial charge in [0.25, 0.3) is 0 Å². The number of nitrogens with zero attached hydrogens (tertiary/aromatic N) is 1. The molecule has 1 aliphatic heterocycles. The number of benzene rings is 1. The molecule has 1 fully saturated rings. The standard InChI is InChI=1S/C16H25FN2/c1-5-14-10-18-16(4,6-2)11-19(14)15-9-13(17)8-7-12(15)3/h7-9,14,18H,5-6,10-11H2,1-4H3. The molecule has 19 heavy (non-hydrogen) atoms. The number of hydrogen-bond acceptors (Lipinski definition) is 2. The van der Waals surface area contributed by atoms with Crippen LogP contribution >= 0.6 is 0 Å². The highest BCUT2D eigenvalue weighted by atomic mass is 19.1. The van der Waals surface area contributed by atoms with Gasteiger partial charge in [0.1, 0.15) is 5.82 Å². The van der Waals surface area contributed by atoms with Crippen LogP contribution in [-0.4, -0.2) is 24.7 Å². The SMILES string of the molecule is CCC1CNC(C)(CC)CN1c1cc(F)ccc1C. The molecule has 0 radical (unpaired) electrons. The van der Waals surface area contributed by atoms with Crippen LogP contribution in [0.2, 0.25) is 0 Å².